The molecule has 0 fully saturated rings. The fourth-order valence-electron chi connectivity index (χ4n) is 2.40. The zero-order valence-electron chi connectivity index (χ0n) is 12.3. The van der Waals surface area contributed by atoms with E-state index >= 15 is 0 Å². The number of nitrogens with one attached hydrogen (secondary N) is 1. The second kappa shape index (κ2) is 5.73. The Kier molecular flexibility index (Phi) is 3.43. The number of benzene rings is 1. The molecular formula is C15H13N7S. The molecule has 4 rings (SSSR count). The zero-order chi connectivity index (χ0) is 15.6. The van der Waals surface area contributed by atoms with Crippen molar-refractivity contribution in [2.75, 3.05) is 5.32 Å². The normalized spacial score (nSPS) is 11.0. The summed E-state index contributed by atoms with van der Waals surface area (Å²) in [5, 5.41) is 18.4. The Labute approximate surface area is 136 Å². The molecule has 0 aliphatic rings. The van der Waals surface area contributed by atoms with Crippen LogP contribution in [0.5, 0.6) is 0 Å². The summed E-state index contributed by atoms with van der Waals surface area (Å²) in [5.41, 5.74) is 2.09. The number of para-hydroxylation sites is 1. The van der Waals surface area contributed by atoms with Crippen LogP contribution in [0.15, 0.2) is 42.0 Å². The Hall–Kier alpha value is -2.87. The van der Waals surface area contributed by atoms with E-state index in [1.807, 2.05) is 30.3 Å². The van der Waals surface area contributed by atoms with Crippen LogP contribution in [0.2, 0.25) is 0 Å². The van der Waals surface area contributed by atoms with Crippen LogP contribution >= 0.6 is 11.3 Å². The highest BCUT2D eigenvalue weighted by Gasteiger charge is 2.11. The summed E-state index contributed by atoms with van der Waals surface area (Å²) in [5.74, 6) is 1.52. The Bertz CT molecular complexity index is 945. The standard InChI is InChI=1S/C15H13N7S/c1-10-8-23-15-13(10)14(17-9-18-15)16-7-12-19-20-21-22(12)11-5-3-2-4-6-11/h2-6,8-9H,7H2,1H3,(H,16,17,18). The Morgan fingerprint density at radius 2 is 2.04 bits per heavy atom. The van der Waals surface area contributed by atoms with Crippen molar-refractivity contribution in [2.45, 2.75) is 13.5 Å². The van der Waals surface area contributed by atoms with E-state index in [4.69, 9.17) is 0 Å². The molecule has 1 aromatic carbocycles. The molecule has 1 N–H and O–H groups in total. The van der Waals surface area contributed by atoms with E-state index in [0.29, 0.717) is 6.54 Å². The van der Waals surface area contributed by atoms with Crippen LogP contribution in [0.4, 0.5) is 5.82 Å². The lowest BCUT2D eigenvalue weighted by Crippen LogP contribution is -2.09. The predicted molar refractivity (Wildman–Crippen MR) is 88.6 cm³/mol. The van der Waals surface area contributed by atoms with Crippen molar-refractivity contribution < 1.29 is 0 Å². The third kappa shape index (κ3) is 2.53. The van der Waals surface area contributed by atoms with Gasteiger partial charge in [-0.1, -0.05) is 18.2 Å². The first-order valence-corrected chi connectivity index (χ1v) is 7.96. The highest BCUT2D eigenvalue weighted by atomic mass is 32.1. The molecule has 3 heterocycles. The molecule has 8 heteroatoms. The maximum Gasteiger partial charge on any atom is 0.175 e. The van der Waals surface area contributed by atoms with E-state index in [9.17, 15) is 0 Å². The second-order valence-electron chi connectivity index (χ2n) is 5.02. The van der Waals surface area contributed by atoms with E-state index < -0.39 is 0 Å². The molecular weight excluding hydrogens is 310 g/mol. The number of tetrazole rings is 1. The average Bonchev–Trinajstić information content (AvgIpc) is 3.21. The van der Waals surface area contributed by atoms with Gasteiger partial charge in [0.25, 0.3) is 0 Å². The third-order valence-electron chi connectivity index (χ3n) is 3.50. The first-order valence-electron chi connectivity index (χ1n) is 7.08. The molecule has 0 saturated heterocycles. The van der Waals surface area contributed by atoms with E-state index in [0.717, 1.165) is 33.1 Å². The molecule has 114 valence electrons. The van der Waals surface area contributed by atoms with Gasteiger partial charge in [0.1, 0.15) is 17.0 Å². The van der Waals surface area contributed by atoms with Crippen LogP contribution in [-0.2, 0) is 6.54 Å². The quantitative estimate of drug-likeness (QED) is 0.621. The van der Waals surface area contributed by atoms with Crippen molar-refractivity contribution in [3.05, 3.63) is 53.4 Å². The van der Waals surface area contributed by atoms with Gasteiger partial charge in [-0.3, -0.25) is 0 Å². The molecule has 0 saturated carbocycles. The molecule has 0 aliphatic carbocycles. The van der Waals surface area contributed by atoms with Gasteiger partial charge in [-0.2, -0.15) is 4.68 Å². The van der Waals surface area contributed by atoms with Crippen LogP contribution in [0.1, 0.15) is 11.4 Å². The second-order valence-corrected chi connectivity index (χ2v) is 5.88. The predicted octanol–water partition coefficient (Wildman–Crippen LogP) is 2.59. The van der Waals surface area contributed by atoms with Crippen molar-refractivity contribution in [1.29, 1.82) is 0 Å². The van der Waals surface area contributed by atoms with Gasteiger partial charge >= 0.3 is 0 Å². The SMILES string of the molecule is Cc1csc2ncnc(NCc3nnnn3-c3ccccc3)c12. The molecule has 0 radical (unpaired) electrons. The highest BCUT2D eigenvalue weighted by molar-refractivity contribution is 7.17. The van der Waals surface area contributed by atoms with Gasteiger partial charge in [0.05, 0.1) is 17.6 Å². The lowest BCUT2D eigenvalue weighted by molar-refractivity contribution is 0.768. The minimum absolute atomic E-state index is 0.475. The number of rotatable bonds is 4. The summed E-state index contributed by atoms with van der Waals surface area (Å²) in [4.78, 5) is 9.62. The first-order chi connectivity index (χ1) is 11.3. The van der Waals surface area contributed by atoms with Crippen LogP contribution in [-0.4, -0.2) is 30.2 Å². The lowest BCUT2D eigenvalue weighted by atomic mass is 10.2. The van der Waals surface area contributed by atoms with Gasteiger partial charge in [-0.25, -0.2) is 9.97 Å². The number of fused-ring (bicyclic) bond motifs is 1. The maximum absolute atomic E-state index is 4.35. The first kappa shape index (κ1) is 13.8. The van der Waals surface area contributed by atoms with Gasteiger partial charge in [-0.05, 0) is 40.4 Å². The van der Waals surface area contributed by atoms with E-state index in [1.54, 1.807) is 22.3 Å². The monoisotopic (exact) mass is 323 g/mol. The smallest absolute Gasteiger partial charge is 0.175 e. The van der Waals surface area contributed by atoms with Crippen LogP contribution < -0.4 is 5.32 Å². The van der Waals surface area contributed by atoms with Crippen LogP contribution in [0, 0.1) is 6.92 Å². The number of aromatic nitrogens is 6. The summed E-state index contributed by atoms with van der Waals surface area (Å²) in [6, 6.07) is 9.80. The van der Waals surface area contributed by atoms with Crippen molar-refractivity contribution in [2.24, 2.45) is 0 Å². The molecule has 0 spiro atoms. The number of anilines is 1. The molecule has 0 bridgehead atoms. The topological polar surface area (TPSA) is 81.4 Å². The summed E-state index contributed by atoms with van der Waals surface area (Å²) >= 11 is 1.61. The molecule has 0 aliphatic heterocycles. The van der Waals surface area contributed by atoms with Crippen molar-refractivity contribution in [3.8, 4) is 5.69 Å². The third-order valence-corrected chi connectivity index (χ3v) is 4.51. The summed E-state index contributed by atoms with van der Waals surface area (Å²) < 4.78 is 1.71. The van der Waals surface area contributed by atoms with Gasteiger partial charge in [-0.15, -0.1) is 16.4 Å². The van der Waals surface area contributed by atoms with Crippen LogP contribution in [0.3, 0.4) is 0 Å². The van der Waals surface area contributed by atoms with E-state index in [2.05, 4.69) is 43.1 Å². The van der Waals surface area contributed by atoms with Crippen molar-refractivity contribution in [3.63, 3.8) is 0 Å². The number of nitrogens with zero attached hydrogens (tertiary/aromatic N) is 6. The minimum Gasteiger partial charge on any atom is -0.362 e. The van der Waals surface area contributed by atoms with Crippen LogP contribution in [0.25, 0.3) is 15.9 Å². The number of thiophene rings is 1. The number of hydrogen-bond acceptors (Lipinski definition) is 7. The molecule has 3 aromatic heterocycles. The molecule has 4 aromatic rings. The van der Waals surface area contributed by atoms with Crippen molar-refractivity contribution >= 4 is 27.4 Å². The van der Waals surface area contributed by atoms with Gasteiger partial charge in [0, 0.05) is 0 Å². The van der Waals surface area contributed by atoms with Gasteiger partial charge < -0.3 is 5.32 Å². The molecule has 23 heavy (non-hydrogen) atoms. The lowest BCUT2D eigenvalue weighted by Gasteiger charge is -2.07. The summed E-state index contributed by atoms with van der Waals surface area (Å²) in [6.45, 7) is 2.53. The minimum atomic E-state index is 0.475. The maximum atomic E-state index is 4.35. The Morgan fingerprint density at radius 1 is 1.17 bits per heavy atom. The Morgan fingerprint density at radius 3 is 2.91 bits per heavy atom. The van der Waals surface area contributed by atoms with Gasteiger partial charge in [0.15, 0.2) is 5.82 Å². The molecule has 7 nitrogen and oxygen atoms in total. The average molecular weight is 323 g/mol. The van der Waals surface area contributed by atoms with Gasteiger partial charge in [0.2, 0.25) is 0 Å². The fraction of sp³-hybridized carbons (Fsp3) is 0.133. The number of hydrogen-bond donors (Lipinski definition) is 1. The van der Waals surface area contributed by atoms with E-state index in [-0.39, 0.29) is 0 Å². The summed E-state index contributed by atoms with van der Waals surface area (Å²) in [7, 11) is 0. The summed E-state index contributed by atoms with van der Waals surface area (Å²) in [6.07, 6.45) is 1.57. The zero-order valence-corrected chi connectivity index (χ0v) is 13.2. The molecule has 0 unspecified atom stereocenters. The number of aryl methyl sites for hydroxylation is 1. The van der Waals surface area contributed by atoms with E-state index in [1.165, 1.54) is 0 Å². The largest absolute Gasteiger partial charge is 0.362 e. The highest BCUT2D eigenvalue weighted by Crippen LogP contribution is 2.28. The van der Waals surface area contributed by atoms with Crippen molar-refractivity contribution in [1.82, 2.24) is 30.2 Å². The Balaban J connectivity index is 1.63. The molecule has 0 amide bonds. The fourth-order valence-corrected chi connectivity index (χ4v) is 3.29. The molecule has 0 atom stereocenters.